The fraction of sp³-hybridized carbons (Fsp3) is 0.350. The molecule has 0 bridgehead atoms. The normalized spacial score (nSPS) is 15.8. The number of benzene rings is 2. The van der Waals surface area contributed by atoms with Gasteiger partial charge in [-0.1, -0.05) is 12.1 Å². The fourth-order valence-corrected chi connectivity index (χ4v) is 4.08. The Morgan fingerprint density at radius 3 is 2.56 bits per heavy atom. The van der Waals surface area contributed by atoms with Crippen LogP contribution in [-0.4, -0.2) is 28.9 Å². The number of piperidine rings is 1. The third kappa shape index (κ3) is 3.07. The standard InChI is InChI=1S/C20H22FN3S/c1-24-19-12-17(21)16(13-7-9-22-10-8-13)11-18(19)23-20(24)14-3-5-15(25-2)6-4-14/h3-6,11-13,22H,7-10H2,1-2H3. The minimum absolute atomic E-state index is 0.105. The molecule has 3 nitrogen and oxygen atoms in total. The molecule has 1 aromatic heterocycles. The molecule has 0 unspecified atom stereocenters. The van der Waals surface area contributed by atoms with E-state index in [0.29, 0.717) is 0 Å². The van der Waals surface area contributed by atoms with Gasteiger partial charge in [0.15, 0.2) is 0 Å². The molecule has 5 heteroatoms. The van der Waals surface area contributed by atoms with Crippen LogP contribution in [0.5, 0.6) is 0 Å². The first-order valence-electron chi connectivity index (χ1n) is 8.68. The van der Waals surface area contributed by atoms with E-state index >= 15 is 0 Å². The summed E-state index contributed by atoms with van der Waals surface area (Å²) < 4.78 is 16.7. The minimum atomic E-state index is -0.105. The maximum absolute atomic E-state index is 14.7. The number of nitrogens with one attached hydrogen (secondary N) is 1. The van der Waals surface area contributed by atoms with Crippen molar-refractivity contribution in [2.75, 3.05) is 19.3 Å². The number of hydrogen-bond donors (Lipinski definition) is 1. The lowest BCUT2D eigenvalue weighted by atomic mass is 9.89. The molecule has 0 atom stereocenters. The third-order valence-corrected chi connectivity index (χ3v) is 5.87. The van der Waals surface area contributed by atoms with Crippen LogP contribution in [0, 0.1) is 5.82 Å². The van der Waals surface area contributed by atoms with Gasteiger partial charge in [0, 0.05) is 23.6 Å². The molecule has 1 N–H and O–H groups in total. The van der Waals surface area contributed by atoms with Crippen molar-refractivity contribution in [1.82, 2.24) is 14.9 Å². The molecule has 0 radical (unpaired) electrons. The van der Waals surface area contributed by atoms with Crippen molar-refractivity contribution in [3.05, 3.63) is 47.8 Å². The SMILES string of the molecule is CSc1ccc(-c2nc3cc(C4CCNCC4)c(F)cc3n2C)cc1. The maximum atomic E-state index is 14.7. The second-order valence-electron chi connectivity index (χ2n) is 6.61. The summed E-state index contributed by atoms with van der Waals surface area (Å²) >= 11 is 1.72. The van der Waals surface area contributed by atoms with Crippen LogP contribution < -0.4 is 5.32 Å². The summed E-state index contributed by atoms with van der Waals surface area (Å²) in [5.41, 5.74) is 3.59. The first-order valence-corrected chi connectivity index (χ1v) is 9.91. The van der Waals surface area contributed by atoms with E-state index in [1.807, 2.05) is 17.7 Å². The van der Waals surface area contributed by atoms with E-state index in [9.17, 15) is 4.39 Å². The zero-order valence-corrected chi connectivity index (χ0v) is 15.4. The summed E-state index contributed by atoms with van der Waals surface area (Å²) in [6, 6.07) is 12.0. The summed E-state index contributed by atoms with van der Waals surface area (Å²) in [5, 5.41) is 3.34. The Balaban J connectivity index is 1.78. The lowest BCUT2D eigenvalue weighted by molar-refractivity contribution is 0.445. The van der Waals surface area contributed by atoms with Crippen LogP contribution in [0.2, 0.25) is 0 Å². The van der Waals surface area contributed by atoms with E-state index in [4.69, 9.17) is 4.98 Å². The largest absolute Gasteiger partial charge is 0.327 e. The summed E-state index contributed by atoms with van der Waals surface area (Å²) in [4.78, 5) is 6.03. The molecule has 130 valence electrons. The zero-order chi connectivity index (χ0) is 17.4. The summed E-state index contributed by atoms with van der Waals surface area (Å²) in [6.45, 7) is 1.91. The molecule has 0 aliphatic carbocycles. The lowest BCUT2D eigenvalue weighted by Crippen LogP contribution is -2.27. The van der Waals surface area contributed by atoms with Gasteiger partial charge in [0.1, 0.15) is 11.6 Å². The number of thioether (sulfide) groups is 1. The Morgan fingerprint density at radius 2 is 1.88 bits per heavy atom. The van der Waals surface area contributed by atoms with Gasteiger partial charge in [-0.2, -0.15) is 0 Å². The van der Waals surface area contributed by atoms with Crippen molar-refractivity contribution in [2.24, 2.45) is 7.05 Å². The van der Waals surface area contributed by atoms with Gasteiger partial charge < -0.3 is 9.88 Å². The summed E-state index contributed by atoms with van der Waals surface area (Å²) in [6.07, 6.45) is 4.03. The smallest absolute Gasteiger partial charge is 0.140 e. The fourth-order valence-electron chi connectivity index (χ4n) is 3.67. The molecule has 1 aliphatic rings. The van der Waals surface area contributed by atoms with E-state index in [-0.39, 0.29) is 11.7 Å². The van der Waals surface area contributed by atoms with Crippen molar-refractivity contribution >= 4 is 22.8 Å². The van der Waals surface area contributed by atoms with Gasteiger partial charge in [0.25, 0.3) is 0 Å². The van der Waals surface area contributed by atoms with Gasteiger partial charge in [-0.05, 0) is 61.9 Å². The molecule has 25 heavy (non-hydrogen) atoms. The van der Waals surface area contributed by atoms with Crippen molar-refractivity contribution in [3.63, 3.8) is 0 Å². The number of fused-ring (bicyclic) bond motifs is 1. The molecule has 4 rings (SSSR count). The molecule has 0 spiro atoms. The Bertz CT molecular complexity index is 895. The van der Waals surface area contributed by atoms with E-state index in [1.54, 1.807) is 17.8 Å². The minimum Gasteiger partial charge on any atom is -0.327 e. The molecule has 3 aromatic rings. The van der Waals surface area contributed by atoms with Crippen molar-refractivity contribution < 1.29 is 4.39 Å². The Hall–Kier alpha value is -1.85. The van der Waals surface area contributed by atoms with Crippen LogP contribution >= 0.6 is 11.8 Å². The molecule has 1 aliphatic heterocycles. The number of hydrogen-bond acceptors (Lipinski definition) is 3. The molecule has 1 saturated heterocycles. The van der Waals surface area contributed by atoms with Crippen LogP contribution in [0.1, 0.15) is 24.3 Å². The van der Waals surface area contributed by atoms with Gasteiger partial charge in [-0.15, -0.1) is 11.8 Å². The number of imidazole rings is 1. The van der Waals surface area contributed by atoms with Crippen LogP contribution in [0.25, 0.3) is 22.4 Å². The Labute approximate surface area is 151 Å². The molecule has 0 saturated carbocycles. The van der Waals surface area contributed by atoms with Gasteiger partial charge in [0.2, 0.25) is 0 Å². The van der Waals surface area contributed by atoms with Crippen molar-refractivity contribution in [2.45, 2.75) is 23.7 Å². The second kappa shape index (κ2) is 6.81. The van der Waals surface area contributed by atoms with Crippen molar-refractivity contribution in [3.8, 4) is 11.4 Å². The van der Waals surface area contributed by atoms with Gasteiger partial charge in [0.05, 0.1) is 11.0 Å². The lowest BCUT2D eigenvalue weighted by Gasteiger charge is -2.23. The highest BCUT2D eigenvalue weighted by molar-refractivity contribution is 7.98. The van der Waals surface area contributed by atoms with E-state index in [2.05, 4.69) is 35.8 Å². The summed E-state index contributed by atoms with van der Waals surface area (Å²) in [7, 11) is 1.96. The topological polar surface area (TPSA) is 29.9 Å². The maximum Gasteiger partial charge on any atom is 0.140 e. The van der Waals surface area contributed by atoms with Gasteiger partial charge in [-0.25, -0.2) is 9.37 Å². The van der Waals surface area contributed by atoms with Crippen LogP contribution in [0.4, 0.5) is 4.39 Å². The molecule has 2 heterocycles. The van der Waals surface area contributed by atoms with Gasteiger partial charge >= 0.3 is 0 Å². The first-order chi connectivity index (χ1) is 12.2. The highest BCUT2D eigenvalue weighted by Crippen LogP contribution is 2.32. The molecule has 0 amide bonds. The predicted molar refractivity (Wildman–Crippen MR) is 103 cm³/mol. The number of aryl methyl sites for hydroxylation is 1. The third-order valence-electron chi connectivity index (χ3n) is 5.13. The average Bonchev–Trinajstić information content (AvgIpc) is 2.98. The first kappa shape index (κ1) is 16.6. The number of halogens is 1. The van der Waals surface area contributed by atoms with Crippen LogP contribution in [0.15, 0.2) is 41.3 Å². The quantitative estimate of drug-likeness (QED) is 0.698. The highest BCUT2D eigenvalue weighted by atomic mass is 32.2. The Kier molecular flexibility index (Phi) is 4.52. The van der Waals surface area contributed by atoms with Gasteiger partial charge in [-0.3, -0.25) is 0 Å². The Morgan fingerprint density at radius 1 is 1.16 bits per heavy atom. The predicted octanol–water partition coefficient (Wildman–Crippen LogP) is 4.57. The molecular weight excluding hydrogens is 333 g/mol. The average molecular weight is 355 g/mol. The number of rotatable bonds is 3. The zero-order valence-electron chi connectivity index (χ0n) is 14.6. The second-order valence-corrected chi connectivity index (χ2v) is 7.49. The number of aromatic nitrogens is 2. The van der Waals surface area contributed by atoms with E-state index < -0.39 is 0 Å². The van der Waals surface area contributed by atoms with Crippen LogP contribution in [-0.2, 0) is 7.05 Å². The van der Waals surface area contributed by atoms with Crippen molar-refractivity contribution in [1.29, 1.82) is 0 Å². The van der Waals surface area contributed by atoms with E-state index in [1.165, 1.54) is 4.90 Å². The number of nitrogens with zero attached hydrogens (tertiary/aromatic N) is 2. The van der Waals surface area contributed by atoms with E-state index in [0.717, 1.165) is 53.9 Å². The highest BCUT2D eigenvalue weighted by Gasteiger charge is 2.21. The molecule has 2 aromatic carbocycles. The summed E-state index contributed by atoms with van der Waals surface area (Å²) in [5.74, 6) is 1.06. The monoisotopic (exact) mass is 355 g/mol. The van der Waals surface area contributed by atoms with Crippen LogP contribution in [0.3, 0.4) is 0 Å². The molecule has 1 fully saturated rings. The molecular formula is C20H22FN3S.